The van der Waals surface area contributed by atoms with Crippen LogP contribution in [-0.2, 0) is 14.8 Å². The molecule has 1 fully saturated rings. The van der Waals surface area contributed by atoms with E-state index in [4.69, 9.17) is 4.74 Å². The van der Waals surface area contributed by atoms with Crippen molar-refractivity contribution in [3.8, 4) is 5.75 Å². The van der Waals surface area contributed by atoms with Gasteiger partial charge in [-0.15, -0.1) is 0 Å². The number of carbonyl (C=O) groups excluding carboxylic acids is 1. The van der Waals surface area contributed by atoms with Gasteiger partial charge in [-0.3, -0.25) is 4.79 Å². The fraction of sp³-hybridized carbons (Fsp3) is 0.346. The maximum Gasteiger partial charge on any atom is 0.265 e. The number of hydrogen-bond donors (Lipinski definition) is 1. The lowest BCUT2D eigenvalue weighted by Crippen LogP contribution is -2.33. The molecule has 3 aromatic carbocycles. The van der Waals surface area contributed by atoms with Crippen molar-refractivity contribution in [3.05, 3.63) is 66.7 Å². The van der Waals surface area contributed by atoms with Crippen LogP contribution in [0.15, 0.2) is 71.6 Å². The zero-order chi connectivity index (χ0) is 23.3. The molecule has 0 aromatic heterocycles. The van der Waals surface area contributed by atoms with Crippen molar-refractivity contribution in [2.45, 2.75) is 50.0 Å². The summed E-state index contributed by atoms with van der Waals surface area (Å²) in [5, 5.41) is 4.86. The molecule has 1 aliphatic rings. The maximum atomic E-state index is 13.0. The van der Waals surface area contributed by atoms with Gasteiger partial charge in [0.05, 0.1) is 4.90 Å². The van der Waals surface area contributed by atoms with E-state index in [0.29, 0.717) is 30.9 Å². The van der Waals surface area contributed by atoms with Crippen LogP contribution in [0.4, 0.5) is 5.69 Å². The first-order valence-electron chi connectivity index (χ1n) is 11.5. The molecule has 0 spiro atoms. The second-order valence-corrected chi connectivity index (χ2v) is 10.3. The zero-order valence-electron chi connectivity index (χ0n) is 18.9. The van der Waals surface area contributed by atoms with Crippen LogP contribution in [-0.4, -0.2) is 37.8 Å². The minimum atomic E-state index is -3.52. The molecule has 1 amide bonds. The summed E-state index contributed by atoms with van der Waals surface area (Å²) < 4.78 is 33.5. The summed E-state index contributed by atoms with van der Waals surface area (Å²) in [6.07, 6.45) is 3.74. The average Bonchev–Trinajstić information content (AvgIpc) is 3.13. The molecular formula is C26H30N2O4S. The Morgan fingerprint density at radius 2 is 1.61 bits per heavy atom. The van der Waals surface area contributed by atoms with Crippen LogP contribution in [0.5, 0.6) is 5.75 Å². The molecule has 0 bridgehead atoms. The Hall–Kier alpha value is -2.90. The van der Waals surface area contributed by atoms with Crippen molar-refractivity contribution in [1.29, 1.82) is 0 Å². The first-order chi connectivity index (χ1) is 16.0. The van der Waals surface area contributed by atoms with Gasteiger partial charge < -0.3 is 10.1 Å². The highest BCUT2D eigenvalue weighted by Gasteiger charge is 2.25. The second-order valence-electron chi connectivity index (χ2n) is 8.32. The van der Waals surface area contributed by atoms with Gasteiger partial charge in [0.25, 0.3) is 5.91 Å². The third-order valence-electron chi connectivity index (χ3n) is 6.01. The number of anilines is 1. The molecule has 1 saturated heterocycles. The van der Waals surface area contributed by atoms with Gasteiger partial charge in [0, 0.05) is 24.2 Å². The van der Waals surface area contributed by atoms with Gasteiger partial charge in [0.15, 0.2) is 6.10 Å². The third kappa shape index (κ3) is 5.37. The molecule has 0 radical (unpaired) electrons. The maximum absolute atomic E-state index is 13.0. The number of fused-ring (bicyclic) bond motifs is 1. The van der Waals surface area contributed by atoms with Crippen molar-refractivity contribution in [2.75, 3.05) is 18.4 Å². The number of carbonyl (C=O) groups is 1. The van der Waals surface area contributed by atoms with E-state index in [1.54, 1.807) is 28.6 Å². The highest BCUT2D eigenvalue weighted by atomic mass is 32.2. The molecule has 33 heavy (non-hydrogen) atoms. The number of hydrogen-bond acceptors (Lipinski definition) is 4. The van der Waals surface area contributed by atoms with Crippen LogP contribution in [0.2, 0.25) is 0 Å². The predicted molar refractivity (Wildman–Crippen MR) is 131 cm³/mol. The molecule has 4 rings (SSSR count). The van der Waals surface area contributed by atoms with Crippen LogP contribution in [0, 0.1) is 0 Å². The summed E-state index contributed by atoms with van der Waals surface area (Å²) in [5.74, 6) is 0.391. The summed E-state index contributed by atoms with van der Waals surface area (Å²) in [7, 11) is -3.52. The number of sulfonamides is 1. The van der Waals surface area contributed by atoms with Crippen molar-refractivity contribution in [3.63, 3.8) is 0 Å². The quantitative estimate of drug-likeness (QED) is 0.519. The highest BCUT2D eigenvalue weighted by molar-refractivity contribution is 7.89. The van der Waals surface area contributed by atoms with Crippen molar-refractivity contribution >= 4 is 32.4 Å². The number of nitrogens with zero attached hydrogens (tertiary/aromatic N) is 1. The minimum Gasteiger partial charge on any atom is -0.480 e. The molecule has 7 heteroatoms. The molecule has 1 heterocycles. The number of benzene rings is 3. The molecule has 1 atom stereocenters. The lowest BCUT2D eigenvalue weighted by atomic mass is 10.1. The van der Waals surface area contributed by atoms with E-state index in [1.165, 1.54) is 0 Å². The van der Waals surface area contributed by atoms with Crippen LogP contribution >= 0.6 is 0 Å². The van der Waals surface area contributed by atoms with Crippen molar-refractivity contribution in [2.24, 2.45) is 0 Å². The predicted octanol–water partition coefficient (Wildman–Crippen LogP) is 5.20. The molecule has 6 nitrogen and oxygen atoms in total. The van der Waals surface area contributed by atoms with Gasteiger partial charge in [-0.2, -0.15) is 4.31 Å². The van der Waals surface area contributed by atoms with Gasteiger partial charge >= 0.3 is 0 Å². The van der Waals surface area contributed by atoms with E-state index in [2.05, 4.69) is 5.32 Å². The Labute approximate surface area is 195 Å². The van der Waals surface area contributed by atoms with Gasteiger partial charge in [-0.25, -0.2) is 8.42 Å². The van der Waals surface area contributed by atoms with Crippen LogP contribution < -0.4 is 10.1 Å². The Kier molecular flexibility index (Phi) is 7.30. The molecule has 174 valence electrons. The molecule has 1 aliphatic heterocycles. The van der Waals surface area contributed by atoms with Crippen molar-refractivity contribution in [1.82, 2.24) is 4.31 Å². The molecule has 1 N–H and O–H groups in total. The lowest BCUT2D eigenvalue weighted by Gasteiger charge is -2.20. The Morgan fingerprint density at radius 1 is 0.939 bits per heavy atom. The Bertz CT molecular complexity index is 1200. The first-order valence-corrected chi connectivity index (χ1v) is 13.0. The monoisotopic (exact) mass is 466 g/mol. The topological polar surface area (TPSA) is 75.7 Å². The zero-order valence-corrected chi connectivity index (χ0v) is 19.7. The normalized spacial score (nSPS) is 16.2. The highest BCUT2D eigenvalue weighted by Crippen LogP contribution is 2.27. The SMILES string of the molecule is CC[C@H](Oc1cccc2ccccc12)C(=O)Nc1ccc(S(=O)(=O)N2CCCCCC2)cc1. The minimum absolute atomic E-state index is 0.251. The fourth-order valence-corrected chi connectivity index (χ4v) is 5.66. The number of nitrogens with one attached hydrogen (secondary N) is 1. The second kappa shape index (κ2) is 10.4. The third-order valence-corrected chi connectivity index (χ3v) is 7.92. The van der Waals surface area contributed by atoms with E-state index in [9.17, 15) is 13.2 Å². The number of amides is 1. The van der Waals surface area contributed by atoms with E-state index in [1.807, 2.05) is 49.4 Å². The first kappa shape index (κ1) is 23.3. The molecule has 3 aromatic rings. The van der Waals surface area contributed by atoms with E-state index in [0.717, 1.165) is 36.5 Å². The van der Waals surface area contributed by atoms with Crippen LogP contribution in [0.3, 0.4) is 0 Å². The molecule has 0 unspecified atom stereocenters. The van der Waals surface area contributed by atoms with E-state index >= 15 is 0 Å². The van der Waals surface area contributed by atoms with Gasteiger partial charge in [0.2, 0.25) is 10.0 Å². The summed E-state index contributed by atoms with van der Waals surface area (Å²) >= 11 is 0. The largest absolute Gasteiger partial charge is 0.480 e. The smallest absolute Gasteiger partial charge is 0.265 e. The fourth-order valence-electron chi connectivity index (χ4n) is 4.14. The summed E-state index contributed by atoms with van der Waals surface area (Å²) in [5.41, 5.74) is 0.537. The Morgan fingerprint density at radius 3 is 2.30 bits per heavy atom. The van der Waals surface area contributed by atoms with Gasteiger partial charge in [0.1, 0.15) is 5.75 Å². The molecular weight excluding hydrogens is 436 g/mol. The average molecular weight is 467 g/mol. The lowest BCUT2D eigenvalue weighted by molar-refractivity contribution is -0.122. The van der Waals surface area contributed by atoms with Gasteiger partial charge in [-0.1, -0.05) is 56.2 Å². The van der Waals surface area contributed by atoms with E-state index in [-0.39, 0.29) is 10.8 Å². The van der Waals surface area contributed by atoms with Crippen molar-refractivity contribution < 1.29 is 17.9 Å². The molecule has 0 aliphatic carbocycles. The molecule has 0 saturated carbocycles. The van der Waals surface area contributed by atoms with Crippen LogP contribution in [0.25, 0.3) is 10.8 Å². The summed E-state index contributed by atoms with van der Waals surface area (Å²) in [6, 6.07) is 20.0. The Balaban J connectivity index is 1.45. The van der Waals surface area contributed by atoms with Gasteiger partial charge in [-0.05, 0) is 55.0 Å². The summed E-state index contributed by atoms with van der Waals surface area (Å²) in [6.45, 7) is 3.02. The van der Waals surface area contributed by atoms with Crippen LogP contribution in [0.1, 0.15) is 39.0 Å². The number of rotatable bonds is 7. The van der Waals surface area contributed by atoms with E-state index < -0.39 is 16.1 Å². The standard InChI is InChI=1S/C26H30N2O4S/c1-2-24(32-25-13-9-11-20-10-5-6-12-23(20)25)26(29)27-21-14-16-22(17-15-21)33(30,31)28-18-7-3-4-8-19-28/h5-6,9-17,24H,2-4,7-8,18-19H2,1H3,(H,27,29)/t24-/m0/s1. The number of ether oxygens (including phenoxy) is 1. The summed E-state index contributed by atoms with van der Waals surface area (Å²) in [4.78, 5) is 13.1.